The molecule has 1 N–H and O–H groups in total. The molecule has 2 aliphatic heterocycles. The number of hydrogen-bond donors (Lipinski definition) is 1. The summed E-state index contributed by atoms with van der Waals surface area (Å²) in [6.45, 7) is 0.236. The van der Waals surface area contributed by atoms with Crippen LogP contribution in [0.1, 0.15) is 0 Å². The molecule has 0 aromatic carbocycles. The molecule has 2 rings (SSSR count). The van der Waals surface area contributed by atoms with Gasteiger partial charge in [0.05, 0.1) is 13.2 Å². The molecule has 2 heterocycles. The SMILES string of the molecule is O=C([O-])[O-].O=[N+]([O-])O[C@@H]1CO[C@H]2[C@@H]1OC[C@@H]2O.[Li+].[Li+]. The van der Waals surface area contributed by atoms with Crippen molar-refractivity contribution in [3.8, 4) is 0 Å². The number of hydrogen-bond acceptors (Lipinski definition) is 9. The Morgan fingerprint density at radius 1 is 1.21 bits per heavy atom. The Morgan fingerprint density at radius 3 is 2.16 bits per heavy atom. The minimum absolute atomic E-state index is 0. The van der Waals surface area contributed by atoms with Gasteiger partial charge in [0.25, 0.3) is 5.09 Å². The van der Waals surface area contributed by atoms with Gasteiger partial charge in [0.15, 0.2) is 6.10 Å². The Balaban J connectivity index is 0. The molecule has 0 saturated carbocycles. The summed E-state index contributed by atoms with van der Waals surface area (Å²) in [7, 11) is 0. The largest absolute Gasteiger partial charge is 1.00 e. The fraction of sp³-hybridized carbons (Fsp3) is 0.857. The van der Waals surface area contributed by atoms with Gasteiger partial charge in [0, 0.05) is 0 Å². The summed E-state index contributed by atoms with van der Waals surface area (Å²) in [6.07, 6.45) is -4.74. The first-order chi connectivity index (χ1) is 7.91. The summed E-state index contributed by atoms with van der Waals surface area (Å²) in [5.41, 5.74) is 0. The van der Waals surface area contributed by atoms with E-state index in [1.54, 1.807) is 0 Å². The van der Waals surface area contributed by atoms with Crippen molar-refractivity contribution in [2.45, 2.75) is 24.4 Å². The zero-order chi connectivity index (χ0) is 13.0. The van der Waals surface area contributed by atoms with Crippen molar-refractivity contribution in [2.24, 2.45) is 0 Å². The quantitative estimate of drug-likeness (QED) is 0.291. The molecule has 2 aliphatic rings. The molecule has 98 valence electrons. The Labute approximate surface area is 131 Å². The van der Waals surface area contributed by atoms with Gasteiger partial charge in [-0.3, -0.25) is 0 Å². The van der Waals surface area contributed by atoms with E-state index in [1.165, 1.54) is 0 Å². The Bertz CT molecular complexity index is 300. The van der Waals surface area contributed by atoms with E-state index in [0.717, 1.165) is 0 Å². The van der Waals surface area contributed by atoms with Crippen LogP contribution in [-0.4, -0.2) is 54.0 Å². The van der Waals surface area contributed by atoms with Gasteiger partial charge in [-0.15, -0.1) is 10.1 Å². The number of carboxylic acid groups (broad SMARTS) is 2. The van der Waals surface area contributed by atoms with Crippen molar-refractivity contribution in [3.63, 3.8) is 0 Å². The maximum atomic E-state index is 10.0. The standard InChI is InChI=1S/C6H9NO6.CH2O3.2Li/c8-3-1-11-6-4(13-7(9)10)2-12-5(3)6;2-1(3)4;;/h3-6,8H,1-2H2;(H2,2,3,4);;/q;;2*+1/p-2/t3-,4+,5+,6+;;;/m0.../s1. The Morgan fingerprint density at radius 2 is 1.68 bits per heavy atom. The molecule has 2 saturated heterocycles. The van der Waals surface area contributed by atoms with E-state index in [1.807, 2.05) is 0 Å². The van der Waals surface area contributed by atoms with Crippen molar-refractivity contribution in [2.75, 3.05) is 13.2 Å². The van der Waals surface area contributed by atoms with Crippen LogP contribution in [0.2, 0.25) is 0 Å². The first-order valence-electron chi connectivity index (χ1n) is 4.52. The second-order valence-corrected chi connectivity index (χ2v) is 3.28. The van der Waals surface area contributed by atoms with E-state index >= 15 is 0 Å². The molecular weight excluding hydrogens is 256 g/mol. The average molecular weight is 265 g/mol. The van der Waals surface area contributed by atoms with Crippen LogP contribution in [0, 0.1) is 10.1 Å². The van der Waals surface area contributed by atoms with Crippen LogP contribution in [0.5, 0.6) is 0 Å². The van der Waals surface area contributed by atoms with Gasteiger partial charge in [0.2, 0.25) is 0 Å². The van der Waals surface area contributed by atoms with Crippen LogP contribution in [0.4, 0.5) is 4.79 Å². The predicted octanol–water partition coefficient (Wildman–Crippen LogP) is -9.72. The Hall–Kier alpha value is -0.455. The van der Waals surface area contributed by atoms with Crippen LogP contribution in [0.3, 0.4) is 0 Å². The van der Waals surface area contributed by atoms with Crippen molar-refractivity contribution in [1.29, 1.82) is 0 Å². The van der Waals surface area contributed by atoms with Gasteiger partial charge in [0.1, 0.15) is 18.3 Å². The average Bonchev–Trinajstić information content (AvgIpc) is 2.70. The molecular formula is C7H9Li2NO9. The molecule has 10 nitrogen and oxygen atoms in total. The van der Waals surface area contributed by atoms with Gasteiger partial charge >= 0.3 is 37.7 Å². The van der Waals surface area contributed by atoms with Gasteiger partial charge in [-0.05, 0) is 6.16 Å². The van der Waals surface area contributed by atoms with Crippen molar-refractivity contribution in [3.05, 3.63) is 10.1 Å². The van der Waals surface area contributed by atoms with Crippen molar-refractivity contribution in [1.82, 2.24) is 0 Å². The number of rotatable bonds is 2. The van der Waals surface area contributed by atoms with E-state index in [-0.39, 0.29) is 50.9 Å². The minimum atomic E-state index is -2.33. The number of aliphatic hydroxyl groups is 1. The number of ether oxygens (including phenoxy) is 2. The first-order valence-corrected chi connectivity index (χ1v) is 4.52. The summed E-state index contributed by atoms with van der Waals surface area (Å²) in [4.78, 5) is 22.7. The smallest absolute Gasteiger partial charge is 0.652 e. The molecule has 0 spiro atoms. The van der Waals surface area contributed by atoms with Crippen LogP contribution in [0.15, 0.2) is 0 Å². The maximum absolute atomic E-state index is 10.0. The number of carbonyl (C=O) groups excluding carboxylic acids is 1. The third-order valence-electron chi connectivity index (χ3n) is 2.20. The summed E-state index contributed by atoms with van der Waals surface area (Å²) in [5.74, 6) is 0. The van der Waals surface area contributed by atoms with E-state index in [9.17, 15) is 15.2 Å². The molecule has 0 aliphatic carbocycles. The van der Waals surface area contributed by atoms with Gasteiger partial charge < -0.3 is 34.4 Å². The second kappa shape index (κ2) is 9.45. The maximum Gasteiger partial charge on any atom is 1.00 e. The Kier molecular flexibility index (Phi) is 10.4. The zero-order valence-electron chi connectivity index (χ0n) is 10.4. The number of fused-ring (bicyclic) bond motifs is 1. The second-order valence-electron chi connectivity index (χ2n) is 3.28. The number of aliphatic hydroxyl groups excluding tert-OH is 1. The normalized spacial score (nSPS) is 30.8. The summed E-state index contributed by atoms with van der Waals surface area (Å²) < 4.78 is 10.2. The van der Waals surface area contributed by atoms with Crippen LogP contribution in [-0.2, 0) is 14.3 Å². The van der Waals surface area contributed by atoms with E-state index in [4.69, 9.17) is 24.5 Å². The van der Waals surface area contributed by atoms with Crippen molar-refractivity contribution >= 4 is 6.16 Å². The summed E-state index contributed by atoms with van der Waals surface area (Å²) in [6, 6.07) is 0. The van der Waals surface area contributed by atoms with E-state index in [2.05, 4.69) is 4.84 Å². The van der Waals surface area contributed by atoms with Crippen LogP contribution in [0.25, 0.3) is 0 Å². The molecule has 4 atom stereocenters. The molecule has 0 unspecified atom stereocenters. The number of carbonyl (C=O) groups is 1. The van der Waals surface area contributed by atoms with Crippen LogP contribution < -0.4 is 47.9 Å². The van der Waals surface area contributed by atoms with Crippen molar-refractivity contribution < 1.29 is 77.2 Å². The summed E-state index contributed by atoms with van der Waals surface area (Å²) in [5, 5.41) is 35.1. The molecule has 0 bridgehead atoms. The third-order valence-corrected chi connectivity index (χ3v) is 2.20. The van der Waals surface area contributed by atoms with E-state index < -0.39 is 35.7 Å². The molecule has 0 aromatic rings. The monoisotopic (exact) mass is 265 g/mol. The summed E-state index contributed by atoms with van der Waals surface area (Å²) >= 11 is 0. The minimum Gasteiger partial charge on any atom is -0.652 e. The molecule has 12 heteroatoms. The van der Waals surface area contributed by atoms with Gasteiger partial charge in [-0.1, -0.05) is 0 Å². The molecule has 0 radical (unpaired) electrons. The predicted molar refractivity (Wildman–Crippen MR) is 42.8 cm³/mol. The fourth-order valence-electron chi connectivity index (χ4n) is 1.64. The molecule has 0 amide bonds. The first kappa shape index (κ1) is 20.9. The third kappa shape index (κ3) is 6.50. The number of nitrogens with zero attached hydrogens (tertiary/aromatic N) is 1. The molecule has 0 aromatic heterocycles. The van der Waals surface area contributed by atoms with E-state index in [0.29, 0.717) is 0 Å². The van der Waals surface area contributed by atoms with Gasteiger partial charge in [-0.2, -0.15) is 0 Å². The zero-order valence-corrected chi connectivity index (χ0v) is 10.4. The molecule has 19 heavy (non-hydrogen) atoms. The fourth-order valence-corrected chi connectivity index (χ4v) is 1.64. The van der Waals surface area contributed by atoms with Gasteiger partial charge in [-0.25, -0.2) is 0 Å². The molecule has 2 fully saturated rings. The van der Waals surface area contributed by atoms with Crippen LogP contribution >= 0.6 is 0 Å². The topological polar surface area (TPSA) is 154 Å².